The normalized spacial score (nSPS) is 12.2. The van der Waals surface area contributed by atoms with Crippen LogP contribution in [0.3, 0.4) is 0 Å². The molecule has 1 heterocycles. The summed E-state index contributed by atoms with van der Waals surface area (Å²) in [7, 11) is 5.85. The van der Waals surface area contributed by atoms with Gasteiger partial charge in [0, 0.05) is 12.7 Å². The van der Waals surface area contributed by atoms with Crippen molar-refractivity contribution in [3.8, 4) is 5.75 Å². The number of rotatable bonds is 6. The molecule has 0 saturated heterocycles. The highest BCUT2D eigenvalue weighted by molar-refractivity contribution is 5.38. The van der Waals surface area contributed by atoms with Crippen LogP contribution in [0.5, 0.6) is 5.75 Å². The number of hydrogen-bond acceptors (Lipinski definition) is 4. The van der Waals surface area contributed by atoms with Crippen molar-refractivity contribution in [3.05, 3.63) is 53.7 Å². The minimum Gasteiger partial charge on any atom is -0.497 e. The summed E-state index contributed by atoms with van der Waals surface area (Å²) in [5.41, 5.74) is 2.43. The maximum absolute atomic E-state index is 5.31. The topological polar surface area (TPSA) is 37.4 Å². The number of hydrogen-bond donors (Lipinski definition) is 1. The quantitative estimate of drug-likeness (QED) is 0.885. The first kappa shape index (κ1) is 15.3. The predicted octanol–water partition coefficient (Wildman–Crippen LogP) is 3.11. The molecule has 0 radical (unpaired) electrons. The first-order valence-electron chi connectivity index (χ1n) is 7.07. The second-order valence-corrected chi connectivity index (χ2v) is 5.36. The van der Waals surface area contributed by atoms with E-state index in [2.05, 4.69) is 54.4 Å². The van der Waals surface area contributed by atoms with Crippen LogP contribution in [0.2, 0.25) is 0 Å². The Morgan fingerprint density at radius 3 is 2.71 bits per heavy atom. The van der Waals surface area contributed by atoms with Gasteiger partial charge in [0.25, 0.3) is 0 Å². The Morgan fingerprint density at radius 1 is 1.24 bits per heavy atom. The van der Waals surface area contributed by atoms with Crippen molar-refractivity contribution in [1.29, 1.82) is 0 Å². The molecule has 0 amide bonds. The molecule has 1 aromatic carbocycles. The summed E-state index contributed by atoms with van der Waals surface area (Å²) >= 11 is 0. The molecular formula is C17H23N3O. The maximum Gasteiger partial charge on any atom is 0.126 e. The standard InChI is InChI=1S/C17H23N3O/c1-13-8-9-18-17(10-13)19-12-16(20(2)3)14-6-5-7-15(11-14)21-4/h5-11,16H,12H2,1-4H3,(H,18,19). The minimum absolute atomic E-state index is 0.252. The lowest BCUT2D eigenvalue weighted by molar-refractivity contribution is 0.310. The van der Waals surface area contributed by atoms with Gasteiger partial charge in [-0.2, -0.15) is 0 Å². The van der Waals surface area contributed by atoms with Crippen LogP contribution in [-0.4, -0.2) is 37.6 Å². The number of nitrogens with one attached hydrogen (secondary N) is 1. The Bertz CT molecular complexity index is 584. The van der Waals surface area contributed by atoms with Crippen LogP contribution >= 0.6 is 0 Å². The smallest absolute Gasteiger partial charge is 0.126 e. The van der Waals surface area contributed by atoms with E-state index in [1.807, 2.05) is 24.4 Å². The molecule has 112 valence electrons. The van der Waals surface area contributed by atoms with Crippen molar-refractivity contribution in [1.82, 2.24) is 9.88 Å². The molecule has 0 aliphatic rings. The van der Waals surface area contributed by atoms with Gasteiger partial charge in [0.15, 0.2) is 0 Å². The number of methoxy groups -OCH3 is 1. The van der Waals surface area contributed by atoms with E-state index in [-0.39, 0.29) is 6.04 Å². The molecule has 2 rings (SSSR count). The zero-order valence-electron chi connectivity index (χ0n) is 13.1. The van der Waals surface area contributed by atoms with Gasteiger partial charge in [-0.05, 0) is 56.4 Å². The SMILES string of the molecule is COc1cccc(C(CNc2cc(C)ccn2)N(C)C)c1. The Balaban J connectivity index is 2.12. The zero-order valence-corrected chi connectivity index (χ0v) is 13.1. The van der Waals surface area contributed by atoms with Crippen molar-refractivity contribution in [2.24, 2.45) is 0 Å². The maximum atomic E-state index is 5.31. The van der Waals surface area contributed by atoms with Gasteiger partial charge >= 0.3 is 0 Å². The molecule has 1 unspecified atom stereocenters. The fraction of sp³-hybridized carbons (Fsp3) is 0.353. The Kier molecular flexibility index (Phi) is 5.17. The summed E-state index contributed by atoms with van der Waals surface area (Å²) in [6.07, 6.45) is 1.83. The largest absolute Gasteiger partial charge is 0.497 e. The van der Waals surface area contributed by atoms with Crippen LogP contribution in [0.1, 0.15) is 17.2 Å². The summed E-state index contributed by atoms with van der Waals surface area (Å²) in [4.78, 5) is 6.54. The molecule has 0 aliphatic carbocycles. The van der Waals surface area contributed by atoms with Gasteiger partial charge in [0.2, 0.25) is 0 Å². The Labute approximate surface area is 126 Å². The van der Waals surface area contributed by atoms with Gasteiger partial charge in [0.1, 0.15) is 11.6 Å². The van der Waals surface area contributed by atoms with Crippen LogP contribution in [0, 0.1) is 6.92 Å². The summed E-state index contributed by atoms with van der Waals surface area (Å²) in [6, 6.07) is 12.5. The van der Waals surface area contributed by atoms with E-state index in [0.29, 0.717) is 0 Å². The zero-order chi connectivity index (χ0) is 15.2. The van der Waals surface area contributed by atoms with Gasteiger partial charge in [0.05, 0.1) is 13.2 Å². The molecule has 0 fully saturated rings. The lowest BCUT2D eigenvalue weighted by Crippen LogP contribution is -2.27. The van der Waals surface area contributed by atoms with Crippen molar-refractivity contribution in [3.63, 3.8) is 0 Å². The number of aromatic nitrogens is 1. The average Bonchev–Trinajstić information content (AvgIpc) is 2.47. The second-order valence-electron chi connectivity index (χ2n) is 5.36. The van der Waals surface area contributed by atoms with Gasteiger partial charge in [-0.3, -0.25) is 0 Å². The van der Waals surface area contributed by atoms with Crippen LogP contribution in [0.15, 0.2) is 42.6 Å². The highest BCUT2D eigenvalue weighted by atomic mass is 16.5. The third-order valence-corrected chi connectivity index (χ3v) is 3.49. The molecule has 0 bridgehead atoms. The molecule has 4 nitrogen and oxygen atoms in total. The highest BCUT2D eigenvalue weighted by Crippen LogP contribution is 2.23. The number of pyridine rings is 1. The molecule has 1 atom stereocenters. The fourth-order valence-corrected chi connectivity index (χ4v) is 2.28. The van der Waals surface area contributed by atoms with Gasteiger partial charge in [-0.25, -0.2) is 4.98 Å². The molecule has 21 heavy (non-hydrogen) atoms. The molecule has 1 aromatic heterocycles. The summed E-state index contributed by atoms with van der Waals surface area (Å²) in [6.45, 7) is 2.86. The van der Waals surface area contributed by atoms with Gasteiger partial charge < -0.3 is 15.0 Å². The number of anilines is 1. The number of ether oxygens (including phenoxy) is 1. The predicted molar refractivity (Wildman–Crippen MR) is 86.9 cm³/mol. The third kappa shape index (κ3) is 4.20. The first-order chi connectivity index (χ1) is 10.1. The number of benzene rings is 1. The van der Waals surface area contributed by atoms with Gasteiger partial charge in [-0.15, -0.1) is 0 Å². The monoisotopic (exact) mass is 285 g/mol. The van der Waals surface area contributed by atoms with Crippen molar-refractivity contribution < 1.29 is 4.74 Å². The van der Waals surface area contributed by atoms with Gasteiger partial charge in [-0.1, -0.05) is 12.1 Å². The van der Waals surface area contributed by atoms with Crippen LogP contribution in [0.25, 0.3) is 0 Å². The van der Waals surface area contributed by atoms with E-state index in [1.54, 1.807) is 7.11 Å². The second kappa shape index (κ2) is 7.09. The van der Waals surface area contributed by atoms with Crippen molar-refractivity contribution in [2.45, 2.75) is 13.0 Å². The number of nitrogens with zero attached hydrogens (tertiary/aromatic N) is 2. The molecule has 4 heteroatoms. The molecule has 0 saturated carbocycles. The molecule has 1 N–H and O–H groups in total. The Morgan fingerprint density at radius 2 is 2.05 bits per heavy atom. The Hall–Kier alpha value is -2.07. The van der Waals surface area contributed by atoms with Crippen molar-refractivity contribution >= 4 is 5.82 Å². The summed E-state index contributed by atoms with van der Waals surface area (Å²) in [5, 5.41) is 3.41. The van der Waals surface area contributed by atoms with E-state index in [1.165, 1.54) is 11.1 Å². The average molecular weight is 285 g/mol. The summed E-state index contributed by atoms with van der Waals surface area (Å²) in [5.74, 6) is 1.79. The molecule has 2 aromatic rings. The number of aryl methyl sites for hydroxylation is 1. The van der Waals surface area contributed by atoms with E-state index in [9.17, 15) is 0 Å². The summed E-state index contributed by atoms with van der Waals surface area (Å²) < 4.78 is 5.31. The van der Waals surface area contributed by atoms with E-state index in [0.717, 1.165) is 18.1 Å². The third-order valence-electron chi connectivity index (χ3n) is 3.49. The molecule has 0 spiro atoms. The first-order valence-corrected chi connectivity index (χ1v) is 7.07. The lowest BCUT2D eigenvalue weighted by Gasteiger charge is -2.25. The van der Waals surface area contributed by atoms with E-state index < -0.39 is 0 Å². The van der Waals surface area contributed by atoms with Crippen LogP contribution < -0.4 is 10.1 Å². The molecule has 0 aliphatic heterocycles. The van der Waals surface area contributed by atoms with Crippen LogP contribution in [0.4, 0.5) is 5.82 Å². The van der Waals surface area contributed by atoms with E-state index in [4.69, 9.17) is 4.74 Å². The lowest BCUT2D eigenvalue weighted by atomic mass is 10.1. The van der Waals surface area contributed by atoms with Crippen molar-refractivity contribution in [2.75, 3.05) is 33.1 Å². The fourth-order valence-electron chi connectivity index (χ4n) is 2.28. The molecular weight excluding hydrogens is 262 g/mol. The van der Waals surface area contributed by atoms with E-state index >= 15 is 0 Å². The van der Waals surface area contributed by atoms with Crippen LogP contribution in [-0.2, 0) is 0 Å². The minimum atomic E-state index is 0.252. The highest BCUT2D eigenvalue weighted by Gasteiger charge is 2.14. The number of likely N-dealkylation sites (N-methyl/N-ethyl adjacent to an activating group) is 1.